The zero-order valence-electron chi connectivity index (χ0n) is 13.8. The van der Waals surface area contributed by atoms with Gasteiger partial charge in [-0.2, -0.15) is 5.10 Å². The van der Waals surface area contributed by atoms with Crippen molar-refractivity contribution in [2.24, 2.45) is 0 Å². The van der Waals surface area contributed by atoms with Gasteiger partial charge in [-0.15, -0.1) is 0 Å². The molecule has 8 nitrogen and oxygen atoms in total. The molecule has 2 N–H and O–H groups in total. The summed E-state index contributed by atoms with van der Waals surface area (Å²) in [6.45, 7) is 0.737. The van der Waals surface area contributed by atoms with E-state index in [1.165, 1.54) is 7.11 Å². The summed E-state index contributed by atoms with van der Waals surface area (Å²) in [6.07, 6.45) is 3.35. The standard InChI is InChI=1S/C17H18N4O4/c1-25-15-11(7-9-3-2-4-12(9)18-15)16(22)21-6-5-10-13(8-21)19-20-14(10)17(23)24/h7H,2-6,8H2,1H3,(H,19,20)(H,23,24). The van der Waals surface area contributed by atoms with Crippen molar-refractivity contribution in [3.05, 3.63) is 39.8 Å². The number of carboxylic acids is 1. The van der Waals surface area contributed by atoms with Crippen LogP contribution in [0, 0.1) is 0 Å². The molecule has 2 aliphatic rings. The van der Waals surface area contributed by atoms with E-state index in [2.05, 4.69) is 15.2 Å². The second-order valence-corrected chi connectivity index (χ2v) is 6.32. The Morgan fingerprint density at radius 1 is 1.32 bits per heavy atom. The lowest BCUT2D eigenvalue weighted by Crippen LogP contribution is -2.36. The van der Waals surface area contributed by atoms with E-state index in [-0.39, 0.29) is 11.6 Å². The lowest BCUT2D eigenvalue weighted by molar-refractivity contribution is 0.0689. The molecule has 0 saturated carbocycles. The van der Waals surface area contributed by atoms with Gasteiger partial charge in [0.1, 0.15) is 5.56 Å². The number of methoxy groups -OCH3 is 1. The second kappa shape index (κ2) is 5.87. The van der Waals surface area contributed by atoms with Gasteiger partial charge in [0.05, 0.1) is 19.3 Å². The number of nitrogens with zero attached hydrogens (tertiary/aromatic N) is 3. The molecule has 4 rings (SSSR count). The molecule has 0 unspecified atom stereocenters. The SMILES string of the molecule is COc1nc2c(cc1C(=O)N1CCc3c(C(=O)O)n[nH]c3C1)CCC2. The van der Waals surface area contributed by atoms with Crippen molar-refractivity contribution in [1.82, 2.24) is 20.1 Å². The van der Waals surface area contributed by atoms with Gasteiger partial charge in [-0.3, -0.25) is 9.89 Å². The van der Waals surface area contributed by atoms with E-state index in [4.69, 9.17) is 9.84 Å². The summed E-state index contributed by atoms with van der Waals surface area (Å²) in [6, 6.07) is 1.89. The number of aromatic amines is 1. The van der Waals surface area contributed by atoms with Crippen LogP contribution in [0.25, 0.3) is 0 Å². The maximum atomic E-state index is 13.0. The highest BCUT2D eigenvalue weighted by atomic mass is 16.5. The number of aromatic carboxylic acids is 1. The first kappa shape index (κ1) is 15.6. The number of carbonyl (C=O) groups excluding carboxylic acids is 1. The number of H-pyrrole nitrogens is 1. The van der Waals surface area contributed by atoms with Crippen molar-refractivity contribution < 1.29 is 19.4 Å². The van der Waals surface area contributed by atoms with E-state index in [1.54, 1.807) is 4.90 Å². The fourth-order valence-corrected chi connectivity index (χ4v) is 3.60. The summed E-state index contributed by atoms with van der Waals surface area (Å²) in [7, 11) is 1.52. The molecule has 8 heteroatoms. The number of pyridine rings is 1. The normalized spacial score (nSPS) is 15.6. The Hall–Kier alpha value is -2.90. The number of carboxylic acid groups (broad SMARTS) is 1. The van der Waals surface area contributed by atoms with E-state index >= 15 is 0 Å². The Morgan fingerprint density at radius 3 is 2.92 bits per heavy atom. The summed E-state index contributed by atoms with van der Waals surface area (Å²) in [5.41, 5.74) is 3.97. The van der Waals surface area contributed by atoms with Gasteiger partial charge in [-0.05, 0) is 37.3 Å². The number of aryl methyl sites for hydroxylation is 2. The number of nitrogens with one attached hydrogen (secondary N) is 1. The smallest absolute Gasteiger partial charge is 0.356 e. The van der Waals surface area contributed by atoms with E-state index in [0.717, 1.165) is 30.5 Å². The Balaban J connectivity index is 1.63. The summed E-state index contributed by atoms with van der Waals surface area (Å²) in [4.78, 5) is 30.3. The van der Waals surface area contributed by atoms with Gasteiger partial charge in [0.15, 0.2) is 5.69 Å². The van der Waals surface area contributed by atoms with Gasteiger partial charge in [-0.1, -0.05) is 0 Å². The molecular weight excluding hydrogens is 324 g/mol. The third-order valence-electron chi connectivity index (χ3n) is 4.86. The Kier molecular flexibility index (Phi) is 3.67. The highest BCUT2D eigenvalue weighted by molar-refractivity contribution is 5.97. The number of carbonyl (C=O) groups is 2. The van der Waals surface area contributed by atoms with E-state index in [9.17, 15) is 9.59 Å². The van der Waals surface area contributed by atoms with Crippen LogP contribution in [0.5, 0.6) is 5.88 Å². The Morgan fingerprint density at radius 2 is 2.16 bits per heavy atom. The zero-order valence-corrected chi connectivity index (χ0v) is 13.8. The van der Waals surface area contributed by atoms with Crippen molar-refractivity contribution in [3.8, 4) is 5.88 Å². The molecule has 0 spiro atoms. The molecule has 1 amide bonds. The van der Waals surface area contributed by atoms with Gasteiger partial charge < -0.3 is 14.7 Å². The number of fused-ring (bicyclic) bond motifs is 2. The molecule has 25 heavy (non-hydrogen) atoms. The van der Waals surface area contributed by atoms with Crippen molar-refractivity contribution >= 4 is 11.9 Å². The molecule has 1 aliphatic heterocycles. The lowest BCUT2D eigenvalue weighted by atomic mass is 10.0. The van der Waals surface area contributed by atoms with Crippen LogP contribution in [-0.2, 0) is 25.8 Å². The zero-order chi connectivity index (χ0) is 17.6. The molecule has 2 aromatic rings. The maximum Gasteiger partial charge on any atom is 0.356 e. The van der Waals surface area contributed by atoms with Gasteiger partial charge in [0.25, 0.3) is 5.91 Å². The first-order valence-corrected chi connectivity index (χ1v) is 8.24. The summed E-state index contributed by atoms with van der Waals surface area (Å²) in [5.74, 6) is -0.856. The summed E-state index contributed by atoms with van der Waals surface area (Å²) < 4.78 is 5.33. The third kappa shape index (κ3) is 2.54. The highest BCUT2D eigenvalue weighted by Crippen LogP contribution is 2.29. The number of aromatic nitrogens is 3. The molecule has 0 fully saturated rings. The number of amides is 1. The van der Waals surface area contributed by atoms with Crippen LogP contribution in [0.3, 0.4) is 0 Å². The van der Waals surface area contributed by atoms with Gasteiger partial charge in [-0.25, -0.2) is 9.78 Å². The Labute approximate surface area is 143 Å². The fourth-order valence-electron chi connectivity index (χ4n) is 3.60. The number of hydrogen-bond acceptors (Lipinski definition) is 5. The average molecular weight is 342 g/mol. The number of rotatable bonds is 3. The minimum atomic E-state index is -1.05. The molecule has 130 valence electrons. The molecule has 1 aliphatic carbocycles. The minimum absolute atomic E-state index is 0.0406. The number of ether oxygens (including phenoxy) is 1. The van der Waals surface area contributed by atoms with E-state index in [0.29, 0.717) is 42.2 Å². The van der Waals surface area contributed by atoms with Crippen LogP contribution in [0.1, 0.15) is 49.8 Å². The molecule has 0 saturated heterocycles. The first-order valence-electron chi connectivity index (χ1n) is 8.24. The summed E-state index contributed by atoms with van der Waals surface area (Å²) in [5, 5.41) is 15.7. The maximum absolute atomic E-state index is 13.0. The van der Waals surface area contributed by atoms with Crippen LogP contribution in [0.4, 0.5) is 0 Å². The molecule has 0 bridgehead atoms. The number of hydrogen-bond donors (Lipinski definition) is 2. The van der Waals surface area contributed by atoms with Crippen LogP contribution in [0.15, 0.2) is 6.07 Å². The van der Waals surface area contributed by atoms with Gasteiger partial charge in [0.2, 0.25) is 5.88 Å². The predicted molar refractivity (Wildman–Crippen MR) is 86.8 cm³/mol. The monoisotopic (exact) mass is 342 g/mol. The van der Waals surface area contributed by atoms with Crippen LogP contribution in [0.2, 0.25) is 0 Å². The first-order chi connectivity index (χ1) is 12.1. The molecule has 2 aromatic heterocycles. The molecule has 3 heterocycles. The minimum Gasteiger partial charge on any atom is -0.480 e. The molecular formula is C17H18N4O4. The highest BCUT2D eigenvalue weighted by Gasteiger charge is 2.30. The van der Waals surface area contributed by atoms with Crippen molar-refractivity contribution in [2.45, 2.75) is 32.2 Å². The predicted octanol–water partition coefficient (Wildman–Crippen LogP) is 1.20. The largest absolute Gasteiger partial charge is 0.480 e. The van der Waals surface area contributed by atoms with Gasteiger partial charge in [0, 0.05) is 17.8 Å². The van der Waals surface area contributed by atoms with E-state index < -0.39 is 5.97 Å². The van der Waals surface area contributed by atoms with Crippen LogP contribution >= 0.6 is 0 Å². The van der Waals surface area contributed by atoms with E-state index in [1.807, 2.05) is 6.07 Å². The quantitative estimate of drug-likeness (QED) is 0.867. The molecule has 0 atom stereocenters. The third-order valence-corrected chi connectivity index (χ3v) is 4.86. The molecule has 0 aromatic carbocycles. The lowest BCUT2D eigenvalue weighted by Gasteiger charge is -2.27. The van der Waals surface area contributed by atoms with Crippen molar-refractivity contribution in [1.29, 1.82) is 0 Å². The van der Waals surface area contributed by atoms with Crippen molar-refractivity contribution in [2.75, 3.05) is 13.7 Å². The van der Waals surface area contributed by atoms with Crippen molar-refractivity contribution in [3.63, 3.8) is 0 Å². The topological polar surface area (TPSA) is 108 Å². The average Bonchev–Trinajstić information content (AvgIpc) is 3.25. The fraction of sp³-hybridized carbons (Fsp3) is 0.412. The summed E-state index contributed by atoms with van der Waals surface area (Å²) >= 11 is 0. The van der Waals surface area contributed by atoms with Gasteiger partial charge >= 0.3 is 5.97 Å². The Bertz CT molecular complexity index is 874. The van der Waals surface area contributed by atoms with Crippen LogP contribution in [-0.4, -0.2) is 50.7 Å². The molecule has 0 radical (unpaired) electrons. The van der Waals surface area contributed by atoms with Crippen LogP contribution < -0.4 is 4.74 Å². The second-order valence-electron chi connectivity index (χ2n) is 6.32.